The lowest BCUT2D eigenvalue weighted by atomic mass is 10.1. The van der Waals surface area contributed by atoms with Crippen molar-refractivity contribution in [1.29, 1.82) is 0 Å². The van der Waals surface area contributed by atoms with E-state index in [1.54, 1.807) is 24.3 Å². The van der Waals surface area contributed by atoms with E-state index in [1.807, 2.05) is 24.3 Å². The van der Waals surface area contributed by atoms with Gasteiger partial charge in [0.15, 0.2) is 0 Å². The number of hydrogen-bond acceptors (Lipinski definition) is 3. The topological polar surface area (TPSA) is 55.4 Å². The van der Waals surface area contributed by atoms with Crippen molar-refractivity contribution in [3.05, 3.63) is 72.3 Å². The number of ether oxygens (including phenoxy) is 1. The molecule has 0 fully saturated rings. The third kappa shape index (κ3) is 4.12. The van der Waals surface area contributed by atoms with Crippen LogP contribution in [0.5, 0.6) is 5.75 Å². The summed E-state index contributed by atoms with van der Waals surface area (Å²) in [6.45, 7) is -3.13. The van der Waals surface area contributed by atoms with Gasteiger partial charge in [0.05, 0.1) is 4.90 Å². The highest BCUT2D eigenvalue weighted by atomic mass is 32.2. The van der Waals surface area contributed by atoms with Crippen molar-refractivity contribution in [1.82, 2.24) is 4.72 Å². The Hall–Kier alpha value is -2.51. The molecule has 130 valence electrons. The van der Waals surface area contributed by atoms with E-state index >= 15 is 0 Å². The molecule has 0 aliphatic rings. The molecule has 0 unspecified atom stereocenters. The van der Waals surface area contributed by atoms with Gasteiger partial charge in [-0.1, -0.05) is 48.5 Å². The summed E-state index contributed by atoms with van der Waals surface area (Å²) in [6, 6.07) is 18.3. The Balaban J connectivity index is 1.82. The molecule has 0 saturated carbocycles. The van der Waals surface area contributed by atoms with Crippen molar-refractivity contribution in [3.63, 3.8) is 0 Å². The molecule has 0 aliphatic heterocycles. The molecule has 7 heteroatoms. The molecular formula is C18H15F2NO3S. The fourth-order valence-corrected chi connectivity index (χ4v) is 3.49. The Labute approximate surface area is 144 Å². The third-order valence-corrected chi connectivity index (χ3v) is 5.07. The molecule has 0 aliphatic carbocycles. The van der Waals surface area contributed by atoms with Gasteiger partial charge in [-0.25, -0.2) is 13.1 Å². The normalized spacial score (nSPS) is 11.8. The lowest BCUT2D eigenvalue weighted by molar-refractivity contribution is -0.0504. The summed E-state index contributed by atoms with van der Waals surface area (Å²) in [5.41, 5.74) is 0.326. The predicted molar refractivity (Wildman–Crippen MR) is 91.0 cm³/mol. The van der Waals surface area contributed by atoms with Gasteiger partial charge in [0, 0.05) is 12.1 Å². The molecule has 0 saturated heterocycles. The summed E-state index contributed by atoms with van der Waals surface area (Å²) in [7, 11) is -3.79. The lowest BCUT2D eigenvalue weighted by Gasteiger charge is -2.12. The molecular weight excluding hydrogens is 348 g/mol. The predicted octanol–water partition coefficient (Wildman–Crippen LogP) is 3.92. The summed E-state index contributed by atoms with van der Waals surface area (Å²) in [5, 5.41) is 1.73. The molecule has 0 atom stereocenters. The van der Waals surface area contributed by atoms with Crippen LogP contribution in [-0.2, 0) is 16.6 Å². The zero-order valence-corrected chi connectivity index (χ0v) is 13.8. The number of hydrogen-bond donors (Lipinski definition) is 1. The summed E-state index contributed by atoms with van der Waals surface area (Å²) in [4.78, 5) is 0.110. The van der Waals surface area contributed by atoms with Crippen LogP contribution in [-0.4, -0.2) is 15.0 Å². The molecule has 3 aromatic carbocycles. The minimum Gasteiger partial charge on any atom is -0.434 e. The van der Waals surface area contributed by atoms with E-state index in [2.05, 4.69) is 9.46 Å². The zero-order chi connectivity index (χ0) is 17.9. The number of alkyl halides is 2. The second-order valence-corrected chi connectivity index (χ2v) is 7.09. The SMILES string of the molecule is O=S(=O)(NCc1ccccc1OC(F)F)c1ccc2ccccc2c1. The molecule has 1 N–H and O–H groups in total. The van der Waals surface area contributed by atoms with Crippen molar-refractivity contribution in [2.75, 3.05) is 0 Å². The van der Waals surface area contributed by atoms with Crippen molar-refractivity contribution in [3.8, 4) is 5.75 Å². The summed E-state index contributed by atoms with van der Waals surface area (Å²) < 4.78 is 56.6. The van der Waals surface area contributed by atoms with Gasteiger partial charge in [0.2, 0.25) is 10.0 Å². The van der Waals surface area contributed by atoms with E-state index in [0.717, 1.165) is 10.8 Å². The van der Waals surface area contributed by atoms with E-state index in [-0.39, 0.29) is 17.2 Å². The Morgan fingerprint density at radius 1 is 0.920 bits per heavy atom. The Bertz CT molecular complexity index is 990. The summed E-state index contributed by atoms with van der Waals surface area (Å²) in [6.07, 6.45) is 0. The first-order valence-electron chi connectivity index (χ1n) is 7.47. The molecule has 0 bridgehead atoms. The monoisotopic (exact) mass is 363 g/mol. The first kappa shape index (κ1) is 17.3. The van der Waals surface area contributed by atoms with Crippen LogP contribution in [0.3, 0.4) is 0 Å². The molecule has 3 rings (SSSR count). The van der Waals surface area contributed by atoms with Gasteiger partial charge in [-0.3, -0.25) is 0 Å². The smallest absolute Gasteiger partial charge is 0.387 e. The molecule has 25 heavy (non-hydrogen) atoms. The number of nitrogens with one attached hydrogen (secondary N) is 1. The van der Waals surface area contributed by atoms with Crippen LogP contribution in [0.25, 0.3) is 10.8 Å². The van der Waals surface area contributed by atoms with Crippen LogP contribution in [0.2, 0.25) is 0 Å². The summed E-state index contributed by atoms with van der Waals surface area (Å²) >= 11 is 0. The molecule has 4 nitrogen and oxygen atoms in total. The molecule has 0 aromatic heterocycles. The number of benzene rings is 3. The van der Waals surface area contributed by atoms with Crippen molar-refractivity contribution >= 4 is 20.8 Å². The van der Waals surface area contributed by atoms with Gasteiger partial charge in [-0.2, -0.15) is 8.78 Å². The van der Waals surface area contributed by atoms with E-state index in [9.17, 15) is 17.2 Å². The van der Waals surface area contributed by atoms with Crippen molar-refractivity contribution < 1.29 is 21.9 Å². The number of sulfonamides is 1. The number of fused-ring (bicyclic) bond motifs is 1. The van der Waals surface area contributed by atoms with E-state index < -0.39 is 16.6 Å². The van der Waals surface area contributed by atoms with Gasteiger partial charge in [0.1, 0.15) is 5.75 Å². The average Bonchev–Trinajstić information content (AvgIpc) is 2.60. The number of para-hydroxylation sites is 1. The van der Waals surface area contributed by atoms with Crippen LogP contribution >= 0.6 is 0 Å². The second kappa shape index (κ2) is 7.16. The molecule has 0 radical (unpaired) electrons. The Morgan fingerprint density at radius 3 is 2.36 bits per heavy atom. The maximum atomic E-state index is 12.5. The molecule has 0 amide bonds. The first-order valence-corrected chi connectivity index (χ1v) is 8.95. The third-order valence-electron chi connectivity index (χ3n) is 3.67. The highest BCUT2D eigenvalue weighted by Gasteiger charge is 2.16. The quantitative estimate of drug-likeness (QED) is 0.722. The van der Waals surface area contributed by atoms with E-state index in [4.69, 9.17) is 0 Å². The number of halogens is 2. The van der Waals surface area contributed by atoms with Gasteiger partial charge in [-0.15, -0.1) is 0 Å². The van der Waals surface area contributed by atoms with Gasteiger partial charge in [0.25, 0.3) is 0 Å². The summed E-state index contributed by atoms with van der Waals surface area (Å²) in [5.74, 6) is -0.0567. The van der Waals surface area contributed by atoms with Gasteiger partial charge in [-0.05, 0) is 29.0 Å². The maximum Gasteiger partial charge on any atom is 0.387 e. The largest absolute Gasteiger partial charge is 0.434 e. The fraction of sp³-hybridized carbons (Fsp3) is 0.111. The van der Waals surface area contributed by atoms with Crippen LogP contribution in [0.1, 0.15) is 5.56 Å². The fourth-order valence-electron chi connectivity index (χ4n) is 2.45. The minimum absolute atomic E-state index is 0.0567. The molecule has 0 heterocycles. The lowest BCUT2D eigenvalue weighted by Crippen LogP contribution is -2.23. The Kier molecular flexibility index (Phi) is 4.96. The highest BCUT2D eigenvalue weighted by molar-refractivity contribution is 7.89. The number of rotatable bonds is 6. The standard InChI is InChI=1S/C18H15F2NO3S/c19-18(20)24-17-8-4-3-7-15(17)12-21-25(22,23)16-10-9-13-5-1-2-6-14(13)11-16/h1-11,18,21H,12H2. The van der Waals surface area contributed by atoms with Crippen LogP contribution in [0.4, 0.5) is 8.78 Å². The molecule has 0 spiro atoms. The second-order valence-electron chi connectivity index (χ2n) is 5.32. The van der Waals surface area contributed by atoms with Gasteiger partial charge >= 0.3 is 6.61 Å². The van der Waals surface area contributed by atoms with Crippen molar-refractivity contribution in [2.24, 2.45) is 0 Å². The zero-order valence-electron chi connectivity index (χ0n) is 13.0. The van der Waals surface area contributed by atoms with Crippen LogP contribution in [0.15, 0.2) is 71.6 Å². The molecule has 3 aromatic rings. The highest BCUT2D eigenvalue weighted by Crippen LogP contribution is 2.22. The van der Waals surface area contributed by atoms with Crippen LogP contribution in [0, 0.1) is 0 Å². The average molecular weight is 363 g/mol. The van der Waals surface area contributed by atoms with Crippen molar-refractivity contribution in [2.45, 2.75) is 18.1 Å². The Morgan fingerprint density at radius 2 is 1.60 bits per heavy atom. The van der Waals surface area contributed by atoms with Crippen LogP contribution < -0.4 is 9.46 Å². The van der Waals surface area contributed by atoms with E-state index in [1.165, 1.54) is 18.2 Å². The maximum absolute atomic E-state index is 12.5. The van der Waals surface area contributed by atoms with Gasteiger partial charge < -0.3 is 4.74 Å². The minimum atomic E-state index is -3.79. The van der Waals surface area contributed by atoms with E-state index in [0.29, 0.717) is 5.56 Å². The first-order chi connectivity index (χ1) is 12.0.